The summed E-state index contributed by atoms with van der Waals surface area (Å²) in [6.07, 6.45) is 9.85. The summed E-state index contributed by atoms with van der Waals surface area (Å²) in [6.45, 7) is 0. The van der Waals surface area contributed by atoms with Crippen LogP contribution in [0.4, 0.5) is 0 Å². The van der Waals surface area contributed by atoms with Gasteiger partial charge >= 0.3 is 0 Å². The molecule has 0 saturated carbocycles. The second-order valence-electron chi connectivity index (χ2n) is 7.66. The van der Waals surface area contributed by atoms with Crippen LogP contribution in [0.3, 0.4) is 0 Å². The first-order valence-corrected chi connectivity index (χ1v) is 10.4. The number of nitrogens with zero attached hydrogens (tertiary/aromatic N) is 2. The normalized spacial score (nSPS) is 11.6. The fourth-order valence-electron chi connectivity index (χ4n) is 4.02. The first-order valence-electron chi connectivity index (χ1n) is 10.4. The van der Waals surface area contributed by atoms with Crippen LogP contribution in [0, 0.1) is 0 Å². The highest BCUT2D eigenvalue weighted by atomic mass is 16.3. The Hall–Kier alpha value is -4.06. The van der Waals surface area contributed by atoms with E-state index in [9.17, 15) is 0 Å². The third kappa shape index (κ3) is 3.42. The zero-order chi connectivity index (χ0) is 20.6. The van der Waals surface area contributed by atoms with E-state index in [0.717, 1.165) is 75.5 Å². The summed E-state index contributed by atoms with van der Waals surface area (Å²) in [5.74, 6) is 3.71. The van der Waals surface area contributed by atoms with E-state index in [1.165, 1.54) is 0 Å². The smallest absolute Gasteiger partial charge is 0.137 e. The molecule has 0 fully saturated rings. The van der Waals surface area contributed by atoms with Gasteiger partial charge in [-0.25, -0.2) is 9.97 Å². The standard InChI is InChI=1S/C25H20N4O2/c1(2-20-14-18-12-16(4-6-22(18)30-20)24-26-8-9-27-24)3-21-15-19-13-17(5-7-23(19)31-21)25-28-10-11-29-25/h4-15H,1-3H2,(H,26,27)(H,28,29). The summed E-state index contributed by atoms with van der Waals surface area (Å²) in [5, 5.41) is 2.19. The largest absolute Gasteiger partial charge is 0.461 e. The van der Waals surface area contributed by atoms with E-state index in [0.29, 0.717) is 0 Å². The molecule has 0 aliphatic rings. The lowest BCUT2D eigenvalue weighted by Crippen LogP contribution is -1.86. The Labute approximate surface area is 178 Å². The zero-order valence-corrected chi connectivity index (χ0v) is 16.8. The fourth-order valence-corrected chi connectivity index (χ4v) is 4.02. The van der Waals surface area contributed by atoms with Gasteiger partial charge in [-0.05, 0) is 55.0 Å². The highest BCUT2D eigenvalue weighted by Crippen LogP contribution is 2.28. The molecule has 6 aromatic rings. The maximum Gasteiger partial charge on any atom is 0.137 e. The molecule has 0 atom stereocenters. The minimum atomic E-state index is 0.861. The first-order chi connectivity index (χ1) is 15.3. The van der Waals surface area contributed by atoms with Crippen molar-refractivity contribution in [1.29, 1.82) is 0 Å². The molecule has 6 nitrogen and oxygen atoms in total. The summed E-state index contributed by atoms with van der Waals surface area (Å²) in [4.78, 5) is 14.9. The van der Waals surface area contributed by atoms with Gasteiger partial charge in [-0.3, -0.25) is 0 Å². The average Bonchev–Trinajstić information content (AvgIpc) is 3.59. The molecule has 2 N–H and O–H groups in total. The Balaban J connectivity index is 1.15. The average molecular weight is 408 g/mol. The number of hydrogen-bond donors (Lipinski definition) is 2. The van der Waals surface area contributed by atoms with Crippen molar-refractivity contribution in [1.82, 2.24) is 19.9 Å². The molecule has 0 unspecified atom stereocenters. The van der Waals surface area contributed by atoms with Gasteiger partial charge < -0.3 is 18.8 Å². The van der Waals surface area contributed by atoms with Crippen molar-refractivity contribution in [2.24, 2.45) is 0 Å². The van der Waals surface area contributed by atoms with Crippen LogP contribution in [0.25, 0.3) is 44.7 Å². The lowest BCUT2D eigenvalue weighted by atomic mass is 10.1. The summed E-state index contributed by atoms with van der Waals surface area (Å²) < 4.78 is 12.0. The zero-order valence-electron chi connectivity index (χ0n) is 16.8. The molecule has 4 aromatic heterocycles. The number of imidazole rings is 2. The van der Waals surface area contributed by atoms with E-state index in [-0.39, 0.29) is 0 Å². The van der Waals surface area contributed by atoms with Crippen LogP contribution in [-0.4, -0.2) is 19.9 Å². The predicted molar refractivity (Wildman–Crippen MR) is 120 cm³/mol. The van der Waals surface area contributed by atoms with E-state index in [2.05, 4.69) is 44.2 Å². The van der Waals surface area contributed by atoms with Crippen molar-refractivity contribution >= 4 is 21.9 Å². The quantitative estimate of drug-likeness (QED) is 0.347. The Morgan fingerprint density at radius 3 is 1.61 bits per heavy atom. The first kappa shape index (κ1) is 17.8. The van der Waals surface area contributed by atoms with Crippen molar-refractivity contribution in [2.45, 2.75) is 19.3 Å². The lowest BCUT2D eigenvalue weighted by Gasteiger charge is -1.96. The minimum absolute atomic E-state index is 0.861. The Bertz CT molecular complexity index is 1340. The maximum absolute atomic E-state index is 6.02. The van der Waals surface area contributed by atoms with Crippen molar-refractivity contribution in [3.63, 3.8) is 0 Å². The molecule has 6 rings (SSSR count). The molecule has 6 heteroatoms. The Morgan fingerprint density at radius 1 is 0.645 bits per heavy atom. The van der Waals surface area contributed by atoms with Crippen molar-refractivity contribution < 1.29 is 8.83 Å². The summed E-state index contributed by atoms with van der Waals surface area (Å²) in [6, 6.07) is 16.5. The van der Waals surface area contributed by atoms with Gasteiger partial charge in [0.1, 0.15) is 34.3 Å². The summed E-state index contributed by atoms with van der Waals surface area (Å²) >= 11 is 0. The minimum Gasteiger partial charge on any atom is -0.461 e. The molecule has 4 heterocycles. The van der Waals surface area contributed by atoms with Crippen molar-refractivity contribution in [3.05, 3.63) is 84.8 Å². The van der Waals surface area contributed by atoms with Gasteiger partial charge in [-0.2, -0.15) is 0 Å². The molecule has 0 spiro atoms. The van der Waals surface area contributed by atoms with E-state index in [1.807, 2.05) is 36.7 Å². The van der Waals surface area contributed by atoms with E-state index in [1.54, 1.807) is 12.4 Å². The van der Waals surface area contributed by atoms with Gasteiger partial charge in [0.15, 0.2) is 0 Å². The summed E-state index contributed by atoms with van der Waals surface area (Å²) in [7, 11) is 0. The molecule has 2 aromatic carbocycles. The van der Waals surface area contributed by atoms with Crippen LogP contribution in [0.5, 0.6) is 0 Å². The van der Waals surface area contributed by atoms with E-state index >= 15 is 0 Å². The summed E-state index contributed by atoms with van der Waals surface area (Å²) in [5.41, 5.74) is 3.92. The van der Waals surface area contributed by atoms with Crippen LogP contribution >= 0.6 is 0 Å². The molecule has 31 heavy (non-hydrogen) atoms. The van der Waals surface area contributed by atoms with Crippen molar-refractivity contribution in [2.75, 3.05) is 0 Å². The molecule has 0 radical (unpaired) electrons. The number of aryl methyl sites for hydroxylation is 2. The number of furan rings is 2. The lowest BCUT2D eigenvalue weighted by molar-refractivity contribution is 0.510. The second kappa shape index (κ2) is 7.32. The number of benzene rings is 2. The van der Waals surface area contributed by atoms with Crippen LogP contribution in [-0.2, 0) is 12.8 Å². The van der Waals surface area contributed by atoms with Gasteiger partial charge in [0, 0.05) is 59.5 Å². The van der Waals surface area contributed by atoms with Crippen LogP contribution < -0.4 is 0 Å². The number of nitrogens with one attached hydrogen (secondary N) is 2. The molecular weight excluding hydrogens is 388 g/mol. The fraction of sp³-hybridized carbons (Fsp3) is 0.120. The van der Waals surface area contributed by atoms with Gasteiger partial charge in [-0.15, -0.1) is 0 Å². The molecule has 0 bridgehead atoms. The van der Waals surface area contributed by atoms with Crippen LogP contribution in [0.1, 0.15) is 17.9 Å². The molecule has 0 amide bonds. The molecule has 0 aliphatic carbocycles. The molecule has 0 aliphatic heterocycles. The topological polar surface area (TPSA) is 83.6 Å². The van der Waals surface area contributed by atoms with E-state index < -0.39 is 0 Å². The number of H-pyrrole nitrogens is 2. The highest BCUT2D eigenvalue weighted by molar-refractivity contribution is 5.83. The third-order valence-electron chi connectivity index (χ3n) is 5.52. The number of rotatable bonds is 6. The second-order valence-corrected chi connectivity index (χ2v) is 7.66. The van der Waals surface area contributed by atoms with Gasteiger partial charge in [0.05, 0.1) is 0 Å². The third-order valence-corrected chi connectivity index (χ3v) is 5.52. The van der Waals surface area contributed by atoms with Crippen LogP contribution in [0.15, 0.2) is 82.2 Å². The van der Waals surface area contributed by atoms with Crippen molar-refractivity contribution in [3.8, 4) is 22.8 Å². The maximum atomic E-state index is 6.02. The number of hydrogen-bond acceptors (Lipinski definition) is 4. The monoisotopic (exact) mass is 408 g/mol. The van der Waals surface area contributed by atoms with E-state index in [4.69, 9.17) is 8.83 Å². The predicted octanol–water partition coefficient (Wildman–Crippen LogP) is 6.13. The van der Waals surface area contributed by atoms with Gasteiger partial charge in [0.2, 0.25) is 0 Å². The van der Waals surface area contributed by atoms with Crippen LogP contribution in [0.2, 0.25) is 0 Å². The number of aromatic amines is 2. The molecule has 0 saturated heterocycles. The molecular formula is C25H20N4O2. The Kier molecular flexibility index (Phi) is 4.20. The van der Waals surface area contributed by atoms with Gasteiger partial charge in [0.25, 0.3) is 0 Å². The highest BCUT2D eigenvalue weighted by Gasteiger charge is 2.10. The SMILES string of the molecule is c1c[nH]c(-c2ccc3oc(CCCc4cc5cc(-c6ncc[nH]6)ccc5o4)cc3c2)n1. The Morgan fingerprint density at radius 2 is 1.16 bits per heavy atom. The molecule has 152 valence electrons. The number of fused-ring (bicyclic) bond motifs is 2. The number of aromatic nitrogens is 4. The van der Waals surface area contributed by atoms with Gasteiger partial charge in [-0.1, -0.05) is 0 Å².